The topological polar surface area (TPSA) is 77.5 Å². The minimum Gasteiger partial charge on any atom is -0.748 e. The van der Waals surface area contributed by atoms with Crippen LogP contribution in [0.5, 0.6) is 0 Å². The van der Waals surface area contributed by atoms with Crippen LogP contribution < -0.4 is 29.6 Å². The molecule has 0 rings (SSSR count). The van der Waals surface area contributed by atoms with Gasteiger partial charge in [-0.15, -0.1) is 0 Å². The van der Waals surface area contributed by atoms with E-state index < -0.39 is 27.3 Å². The van der Waals surface area contributed by atoms with E-state index >= 15 is 0 Å². The summed E-state index contributed by atoms with van der Waals surface area (Å²) in [5, 5.41) is 0. The van der Waals surface area contributed by atoms with Crippen LogP contribution in [0.2, 0.25) is 0 Å². The van der Waals surface area contributed by atoms with Crippen LogP contribution in [-0.2, 0) is 14.9 Å². The van der Waals surface area contributed by atoms with E-state index in [9.17, 15) is 17.8 Å². The van der Waals surface area contributed by atoms with Gasteiger partial charge in [0, 0.05) is 7.05 Å². The molecule has 0 spiro atoms. The van der Waals surface area contributed by atoms with E-state index in [1.165, 1.54) is 25.8 Å². The van der Waals surface area contributed by atoms with E-state index in [0.717, 1.165) is 6.08 Å². The summed E-state index contributed by atoms with van der Waals surface area (Å²) in [6.07, 6.45) is 1.07. The molecule has 15 heavy (non-hydrogen) atoms. The Balaban J connectivity index is 0. The van der Waals surface area contributed by atoms with Crippen LogP contribution in [0.1, 0.15) is 13.8 Å². The van der Waals surface area contributed by atoms with E-state index in [1.807, 2.05) is 0 Å². The van der Waals surface area contributed by atoms with Crippen LogP contribution in [0, 0.1) is 0 Å². The third-order valence-corrected chi connectivity index (χ3v) is 3.00. The SMILES string of the molecule is C=CC(=O)N(C)C(C)(C)CS(=O)(=O)[O-].[Na+]. The molecule has 0 aromatic carbocycles. The number of hydrogen-bond acceptors (Lipinski definition) is 4. The standard InChI is InChI=1S/C8H15NO4S.Na/c1-5-7(10)9(4)8(2,3)6-14(11,12)13;/h5H,1,6H2,2-4H3,(H,11,12,13);/q;+1/p-1. The number of amides is 1. The van der Waals surface area contributed by atoms with Gasteiger partial charge in [0.05, 0.1) is 21.4 Å². The number of carbonyl (C=O) groups is 1. The fraction of sp³-hybridized carbons (Fsp3) is 0.625. The van der Waals surface area contributed by atoms with Gasteiger partial charge < -0.3 is 9.45 Å². The van der Waals surface area contributed by atoms with Crippen LogP contribution in [0.3, 0.4) is 0 Å². The Morgan fingerprint density at radius 3 is 2.20 bits per heavy atom. The van der Waals surface area contributed by atoms with Gasteiger partial charge in [0.25, 0.3) is 0 Å². The van der Waals surface area contributed by atoms with Crippen molar-refractivity contribution in [2.24, 2.45) is 0 Å². The Morgan fingerprint density at radius 1 is 1.53 bits per heavy atom. The van der Waals surface area contributed by atoms with Crippen LogP contribution in [0.15, 0.2) is 12.7 Å². The van der Waals surface area contributed by atoms with Crippen molar-refractivity contribution in [3.63, 3.8) is 0 Å². The maximum Gasteiger partial charge on any atom is 1.00 e. The summed E-state index contributed by atoms with van der Waals surface area (Å²) in [5.74, 6) is -1.03. The Bertz CT molecular complexity index is 337. The minimum absolute atomic E-state index is 0. The van der Waals surface area contributed by atoms with Gasteiger partial charge in [-0.3, -0.25) is 4.79 Å². The Hall–Kier alpha value is 0.120. The molecule has 0 aliphatic heterocycles. The van der Waals surface area contributed by atoms with Gasteiger partial charge in [-0.25, -0.2) is 8.42 Å². The fourth-order valence-electron chi connectivity index (χ4n) is 0.965. The van der Waals surface area contributed by atoms with E-state index in [1.54, 1.807) is 0 Å². The summed E-state index contributed by atoms with van der Waals surface area (Å²) < 4.78 is 31.6. The first-order chi connectivity index (χ1) is 6.10. The van der Waals surface area contributed by atoms with E-state index in [-0.39, 0.29) is 29.6 Å². The van der Waals surface area contributed by atoms with Crippen LogP contribution in [-0.4, -0.2) is 42.1 Å². The molecule has 0 aromatic heterocycles. The average Bonchev–Trinajstić information content (AvgIpc) is 1.97. The van der Waals surface area contributed by atoms with Crippen LogP contribution in [0.4, 0.5) is 0 Å². The summed E-state index contributed by atoms with van der Waals surface area (Å²) in [5.41, 5.74) is -1.02. The first kappa shape index (κ1) is 17.5. The van der Waals surface area contributed by atoms with Crippen molar-refractivity contribution in [1.29, 1.82) is 0 Å². The molecule has 0 aromatic rings. The second-order valence-electron chi connectivity index (χ2n) is 3.62. The molecule has 5 nitrogen and oxygen atoms in total. The molecule has 0 N–H and O–H groups in total. The molecular weight excluding hydrogens is 229 g/mol. The first-order valence-electron chi connectivity index (χ1n) is 3.94. The fourth-order valence-corrected chi connectivity index (χ4v) is 2.02. The number of hydrogen-bond donors (Lipinski definition) is 0. The molecule has 0 atom stereocenters. The third-order valence-electron chi connectivity index (χ3n) is 1.94. The normalized spacial score (nSPS) is 11.5. The smallest absolute Gasteiger partial charge is 0.748 e. The summed E-state index contributed by atoms with van der Waals surface area (Å²) in [6, 6.07) is 0. The van der Waals surface area contributed by atoms with Crippen molar-refractivity contribution in [2.75, 3.05) is 12.8 Å². The van der Waals surface area contributed by atoms with Gasteiger partial charge in [-0.1, -0.05) is 6.58 Å². The molecule has 82 valence electrons. The number of carbonyl (C=O) groups excluding carboxylic acids is 1. The Labute approximate surface area is 113 Å². The molecular formula is C8H14NNaO4S. The van der Waals surface area contributed by atoms with E-state index in [2.05, 4.69) is 6.58 Å². The minimum atomic E-state index is -4.35. The summed E-state index contributed by atoms with van der Waals surface area (Å²) >= 11 is 0. The summed E-state index contributed by atoms with van der Waals surface area (Å²) in [7, 11) is -2.92. The third kappa shape index (κ3) is 6.32. The first-order valence-corrected chi connectivity index (χ1v) is 5.52. The molecule has 0 bridgehead atoms. The number of likely N-dealkylation sites (N-methyl/N-ethyl adjacent to an activating group) is 1. The molecule has 0 heterocycles. The zero-order valence-corrected chi connectivity index (χ0v) is 12.3. The van der Waals surface area contributed by atoms with Crippen molar-refractivity contribution >= 4 is 16.0 Å². The average molecular weight is 243 g/mol. The van der Waals surface area contributed by atoms with E-state index in [4.69, 9.17) is 0 Å². The van der Waals surface area contributed by atoms with Gasteiger partial charge in [0.2, 0.25) is 5.91 Å². The largest absolute Gasteiger partial charge is 1.00 e. The van der Waals surface area contributed by atoms with Gasteiger partial charge in [-0.2, -0.15) is 0 Å². The maximum atomic E-state index is 11.2. The summed E-state index contributed by atoms with van der Waals surface area (Å²) in [6.45, 7) is 6.28. The zero-order valence-electron chi connectivity index (χ0n) is 9.48. The predicted octanol–water partition coefficient (Wildman–Crippen LogP) is -3.04. The van der Waals surface area contributed by atoms with Crippen LogP contribution >= 0.6 is 0 Å². The van der Waals surface area contributed by atoms with Gasteiger partial charge in [0.1, 0.15) is 0 Å². The van der Waals surface area contributed by atoms with E-state index in [0.29, 0.717) is 0 Å². The predicted molar refractivity (Wildman–Crippen MR) is 51.6 cm³/mol. The number of nitrogens with zero attached hydrogens (tertiary/aromatic N) is 1. The second kappa shape index (κ2) is 6.00. The molecule has 0 saturated carbocycles. The maximum absolute atomic E-state index is 11.2. The molecule has 0 radical (unpaired) electrons. The monoisotopic (exact) mass is 243 g/mol. The van der Waals surface area contributed by atoms with Crippen molar-refractivity contribution in [3.8, 4) is 0 Å². The van der Waals surface area contributed by atoms with Crippen LogP contribution in [0.25, 0.3) is 0 Å². The molecule has 7 heteroatoms. The molecule has 0 fully saturated rings. The van der Waals surface area contributed by atoms with Crippen molar-refractivity contribution in [2.45, 2.75) is 19.4 Å². The molecule has 0 saturated heterocycles. The molecule has 0 aliphatic rings. The van der Waals surface area contributed by atoms with Crippen molar-refractivity contribution in [3.05, 3.63) is 12.7 Å². The van der Waals surface area contributed by atoms with Crippen molar-refractivity contribution in [1.82, 2.24) is 4.90 Å². The zero-order chi connectivity index (χ0) is 11.6. The van der Waals surface area contributed by atoms with Gasteiger partial charge in [-0.05, 0) is 19.9 Å². The molecule has 0 aliphatic carbocycles. The van der Waals surface area contributed by atoms with Crippen molar-refractivity contribution < 1.29 is 47.3 Å². The number of rotatable bonds is 4. The van der Waals surface area contributed by atoms with Gasteiger partial charge in [0.15, 0.2) is 0 Å². The van der Waals surface area contributed by atoms with Gasteiger partial charge >= 0.3 is 29.6 Å². The summed E-state index contributed by atoms with van der Waals surface area (Å²) in [4.78, 5) is 12.3. The Morgan fingerprint density at radius 2 is 1.93 bits per heavy atom. The molecule has 1 amide bonds. The quantitative estimate of drug-likeness (QED) is 0.299. The second-order valence-corrected chi connectivity index (χ2v) is 5.02. The molecule has 0 unspecified atom stereocenters. The Kier molecular flexibility index (Phi) is 7.01.